The van der Waals surface area contributed by atoms with Crippen LogP contribution in [0, 0.1) is 0 Å². The third-order valence-electron chi connectivity index (χ3n) is 11.1. The second-order valence-electron chi connectivity index (χ2n) is 14.2. The number of furan rings is 2. The van der Waals surface area contributed by atoms with Crippen molar-refractivity contribution >= 4 is 97.3 Å². The quantitative estimate of drug-likeness (QED) is 0.136. The SMILES string of the molecule is c1ccc2cc3cc(-c4cc5cc6c(ccc7c8cc9cc(-c%10ccc%11cc%12ccccc%12cc%11c%10)oc9cc8ccc67)cc5o4)ccc3cc2c1. The summed E-state index contributed by atoms with van der Waals surface area (Å²) in [6.45, 7) is 0. The van der Waals surface area contributed by atoms with Gasteiger partial charge in [-0.05, 0) is 148 Å². The molecule has 240 valence electrons. The minimum Gasteiger partial charge on any atom is -0.456 e. The van der Waals surface area contributed by atoms with Crippen LogP contribution in [-0.4, -0.2) is 0 Å². The van der Waals surface area contributed by atoms with Crippen LogP contribution in [0.15, 0.2) is 179 Å². The third-order valence-corrected chi connectivity index (χ3v) is 11.1. The van der Waals surface area contributed by atoms with Crippen molar-refractivity contribution in [2.24, 2.45) is 0 Å². The summed E-state index contributed by atoms with van der Waals surface area (Å²) in [6.07, 6.45) is 0. The van der Waals surface area contributed by atoms with E-state index in [2.05, 4.69) is 170 Å². The zero-order valence-corrected chi connectivity index (χ0v) is 28.0. The van der Waals surface area contributed by atoms with Crippen molar-refractivity contribution in [3.05, 3.63) is 170 Å². The number of rotatable bonds is 2. The Bertz CT molecular complexity index is 3240. The highest BCUT2D eigenvalue weighted by atomic mass is 16.3. The maximum atomic E-state index is 6.50. The number of hydrogen-bond acceptors (Lipinski definition) is 2. The zero-order valence-electron chi connectivity index (χ0n) is 28.0. The Balaban J connectivity index is 0.958. The van der Waals surface area contributed by atoms with Crippen molar-refractivity contribution < 1.29 is 8.83 Å². The van der Waals surface area contributed by atoms with Crippen molar-refractivity contribution in [2.45, 2.75) is 0 Å². The van der Waals surface area contributed by atoms with Gasteiger partial charge in [0.05, 0.1) is 0 Å². The summed E-state index contributed by atoms with van der Waals surface area (Å²) in [7, 11) is 0. The molecule has 0 radical (unpaired) electrons. The first-order chi connectivity index (χ1) is 25.7. The molecule has 0 aliphatic rings. The molecule has 12 aromatic rings. The highest BCUT2D eigenvalue weighted by molar-refractivity contribution is 6.20. The van der Waals surface area contributed by atoms with E-state index < -0.39 is 0 Å². The van der Waals surface area contributed by atoms with Gasteiger partial charge in [-0.1, -0.05) is 97.1 Å². The van der Waals surface area contributed by atoms with E-state index in [9.17, 15) is 0 Å². The Morgan fingerprint density at radius 3 is 1.06 bits per heavy atom. The number of hydrogen-bond donors (Lipinski definition) is 0. The lowest BCUT2D eigenvalue weighted by atomic mass is 9.95. The van der Waals surface area contributed by atoms with E-state index in [-0.39, 0.29) is 0 Å². The van der Waals surface area contributed by atoms with Gasteiger partial charge in [0.1, 0.15) is 22.7 Å². The second kappa shape index (κ2) is 10.3. The summed E-state index contributed by atoms with van der Waals surface area (Å²) < 4.78 is 13.0. The molecule has 0 amide bonds. The second-order valence-corrected chi connectivity index (χ2v) is 14.2. The van der Waals surface area contributed by atoms with Gasteiger partial charge in [0.15, 0.2) is 0 Å². The van der Waals surface area contributed by atoms with Crippen molar-refractivity contribution in [2.75, 3.05) is 0 Å². The van der Waals surface area contributed by atoms with Crippen molar-refractivity contribution in [1.82, 2.24) is 0 Å². The summed E-state index contributed by atoms with van der Waals surface area (Å²) in [5, 5.41) is 19.3. The van der Waals surface area contributed by atoms with Crippen molar-refractivity contribution in [1.29, 1.82) is 0 Å². The molecule has 0 saturated heterocycles. The standard InChI is InChI=1S/C50H28O2/c1-3-7-31-19-39-21-37(11-9-33(39)17-29(31)5-1)47-27-41-23-45-35(25-49(41)51-47)13-15-44-43(45)16-14-36-26-50-42(24-46(36)44)28-48(52-50)38-12-10-34-18-30-6-2-4-8-32(30)20-40(34)22-38/h1-28H. The lowest BCUT2D eigenvalue weighted by molar-refractivity contribution is 0.632. The van der Waals surface area contributed by atoms with Crippen LogP contribution in [-0.2, 0) is 0 Å². The first-order valence-electron chi connectivity index (χ1n) is 17.8. The molecular weight excluding hydrogens is 633 g/mol. The lowest BCUT2D eigenvalue weighted by Crippen LogP contribution is -1.81. The van der Waals surface area contributed by atoms with Gasteiger partial charge in [-0.15, -0.1) is 0 Å². The predicted octanol–water partition coefficient (Wildman–Crippen LogP) is 14.6. The van der Waals surface area contributed by atoms with Gasteiger partial charge in [-0.25, -0.2) is 0 Å². The summed E-state index contributed by atoms with van der Waals surface area (Å²) in [5.74, 6) is 1.76. The number of benzene rings is 10. The van der Waals surface area contributed by atoms with Gasteiger partial charge >= 0.3 is 0 Å². The van der Waals surface area contributed by atoms with Crippen LogP contribution in [0.25, 0.3) is 120 Å². The molecule has 0 bridgehead atoms. The van der Waals surface area contributed by atoms with E-state index in [1.165, 1.54) is 75.4 Å². The number of fused-ring (bicyclic) bond motifs is 11. The molecule has 0 unspecified atom stereocenters. The maximum Gasteiger partial charge on any atom is 0.135 e. The Hall–Kier alpha value is -6.90. The zero-order chi connectivity index (χ0) is 33.9. The third kappa shape index (κ3) is 4.19. The van der Waals surface area contributed by atoms with Gasteiger partial charge in [0.25, 0.3) is 0 Å². The Morgan fingerprint density at radius 2 is 0.615 bits per heavy atom. The molecule has 0 atom stereocenters. The predicted molar refractivity (Wildman–Crippen MR) is 219 cm³/mol. The Labute approximate surface area is 297 Å². The average Bonchev–Trinajstić information content (AvgIpc) is 3.80. The van der Waals surface area contributed by atoms with Crippen LogP contribution >= 0.6 is 0 Å². The topological polar surface area (TPSA) is 26.3 Å². The highest BCUT2D eigenvalue weighted by Gasteiger charge is 2.14. The van der Waals surface area contributed by atoms with Crippen LogP contribution in [0.3, 0.4) is 0 Å². The first kappa shape index (κ1) is 27.9. The van der Waals surface area contributed by atoms with Crippen LogP contribution in [0.5, 0.6) is 0 Å². The minimum absolute atomic E-state index is 0.882. The molecule has 0 spiro atoms. The molecule has 2 aromatic heterocycles. The van der Waals surface area contributed by atoms with E-state index in [0.717, 1.165) is 44.6 Å². The van der Waals surface area contributed by atoms with Gasteiger partial charge < -0.3 is 8.83 Å². The fourth-order valence-electron chi connectivity index (χ4n) is 8.41. The Morgan fingerprint density at radius 1 is 0.231 bits per heavy atom. The van der Waals surface area contributed by atoms with Crippen LogP contribution in [0.1, 0.15) is 0 Å². The van der Waals surface area contributed by atoms with E-state index >= 15 is 0 Å². The van der Waals surface area contributed by atoms with Crippen molar-refractivity contribution in [3.8, 4) is 22.6 Å². The molecule has 2 heteroatoms. The van der Waals surface area contributed by atoms with E-state index in [1.807, 2.05) is 0 Å². The normalized spacial score (nSPS) is 12.2. The molecule has 2 heterocycles. The molecular formula is C50H28O2. The van der Waals surface area contributed by atoms with Crippen LogP contribution in [0.2, 0.25) is 0 Å². The summed E-state index contributed by atoms with van der Waals surface area (Å²) in [5.41, 5.74) is 3.96. The van der Waals surface area contributed by atoms with E-state index in [4.69, 9.17) is 8.83 Å². The smallest absolute Gasteiger partial charge is 0.135 e. The molecule has 0 N–H and O–H groups in total. The van der Waals surface area contributed by atoms with E-state index in [1.54, 1.807) is 0 Å². The molecule has 52 heavy (non-hydrogen) atoms. The molecule has 2 nitrogen and oxygen atoms in total. The van der Waals surface area contributed by atoms with Crippen molar-refractivity contribution in [3.63, 3.8) is 0 Å². The van der Waals surface area contributed by atoms with E-state index in [0.29, 0.717) is 0 Å². The molecule has 0 saturated carbocycles. The van der Waals surface area contributed by atoms with Crippen LogP contribution < -0.4 is 0 Å². The summed E-state index contributed by atoms with van der Waals surface area (Å²) in [6, 6.07) is 61.6. The first-order valence-corrected chi connectivity index (χ1v) is 17.8. The fourth-order valence-corrected chi connectivity index (χ4v) is 8.41. The monoisotopic (exact) mass is 660 g/mol. The highest BCUT2D eigenvalue weighted by Crippen LogP contribution is 2.39. The summed E-state index contributed by atoms with van der Waals surface area (Å²) in [4.78, 5) is 0. The van der Waals surface area contributed by atoms with Gasteiger partial charge in [-0.2, -0.15) is 0 Å². The maximum absolute atomic E-state index is 6.50. The van der Waals surface area contributed by atoms with Gasteiger partial charge in [0, 0.05) is 21.9 Å². The molecule has 0 fully saturated rings. The molecule has 10 aromatic carbocycles. The molecule has 0 aliphatic carbocycles. The van der Waals surface area contributed by atoms with Gasteiger partial charge in [-0.3, -0.25) is 0 Å². The molecule has 12 rings (SSSR count). The Kier molecular flexibility index (Phi) is 5.53. The summed E-state index contributed by atoms with van der Waals surface area (Å²) >= 11 is 0. The van der Waals surface area contributed by atoms with Crippen LogP contribution in [0.4, 0.5) is 0 Å². The largest absolute Gasteiger partial charge is 0.456 e. The minimum atomic E-state index is 0.882. The lowest BCUT2D eigenvalue weighted by Gasteiger charge is -2.08. The van der Waals surface area contributed by atoms with Gasteiger partial charge in [0.2, 0.25) is 0 Å². The fraction of sp³-hybridized carbons (Fsp3) is 0. The molecule has 0 aliphatic heterocycles. The average molecular weight is 661 g/mol.